The Balaban J connectivity index is 2.12. The smallest absolute Gasteiger partial charge is 0.345 e. The molecule has 0 N–H and O–H groups in total. The zero-order valence-electron chi connectivity index (χ0n) is 11.9. The van der Waals surface area contributed by atoms with E-state index in [0.717, 1.165) is 17.4 Å². The van der Waals surface area contributed by atoms with Gasteiger partial charge in [-0.25, -0.2) is 4.79 Å². The SMILES string of the molecule is CCc1ccc2c(Cn3nccc3[N+](=O)[O-])cc(=O)oc2c1. The highest BCUT2D eigenvalue weighted by atomic mass is 16.6. The van der Waals surface area contributed by atoms with Gasteiger partial charge >= 0.3 is 11.4 Å². The molecule has 0 saturated heterocycles. The third kappa shape index (κ3) is 2.48. The number of benzene rings is 1. The molecule has 0 aliphatic heterocycles. The van der Waals surface area contributed by atoms with Crippen LogP contribution in [-0.4, -0.2) is 14.7 Å². The standard InChI is InChI=1S/C15H13N3O4/c1-2-10-3-4-12-11(8-15(19)22-13(12)7-10)9-17-14(18(20)21)5-6-16-17/h3-8H,2,9H2,1H3. The second-order valence-electron chi connectivity index (χ2n) is 4.88. The molecule has 112 valence electrons. The Morgan fingerprint density at radius 2 is 2.14 bits per heavy atom. The second-order valence-corrected chi connectivity index (χ2v) is 4.88. The fourth-order valence-electron chi connectivity index (χ4n) is 2.39. The van der Waals surface area contributed by atoms with E-state index in [2.05, 4.69) is 5.10 Å². The lowest BCUT2D eigenvalue weighted by Crippen LogP contribution is -2.09. The number of nitrogens with zero attached hydrogens (tertiary/aromatic N) is 3. The van der Waals surface area contributed by atoms with E-state index in [-0.39, 0.29) is 12.4 Å². The summed E-state index contributed by atoms with van der Waals surface area (Å²) >= 11 is 0. The van der Waals surface area contributed by atoms with Gasteiger partial charge in [-0.2, -0.15) is 0 Å². The van der Waals surface area contributed by atoms with Gasteiger partial charge in [-0.05, 0) is 23.0 Å². The Hall–Kier alpha value is -2.96. The molecule has 2 heterocycles. The number of nitro groups is 1. The van der Waals surface area contributed by atoms with Gasteiger partial charge in [0.15, 0.2) is 0 Å². The van der Waals surface area contributed by atoms with E-state index >= 15 is 0 Å². The fraction of sp³-hybridized carbons (Fsp3) is 0.200. The van der Waals surface area contributed by atoms with Crippen LogP contribution in [0.2, 0.25) is 0 Å². The van der Waals surface area contributed by atoms with Crippen LogP contribution in [0.4, 0.5) is 5.82 Å². The van der Waals surface area contributed by atoms with Crippen LogP contribution < -0.4 is 5.63 Å². The van der Waals surface area contributed by atoms with E-state index in [1.807, 2.05) is 25.1 Å². The molecule has 3 rings (SSSR count). The van der Waals surface area contributed by atoms with Crippen molar-refractivity contribution in [2.24, 2.45) is 0 Å². The Bertz CT molecular complexity index is 911. The van der Waals surface area contributed by atoms with Crippen LogP contribution in [0.15, 0.2) is 45.7 Å². The van der Waals surface area contributed by atoms with Crippen molar-refractivity contribution in [3.05, 3.63) is 68.2 Å². The highest BCUT2D eigenvalue weighted by Gasteiger charge is 2.16. The minimum absolute atomic E-state index is 0.119. The summed E-state index contributed by atoms with van der Waals surface area (Å²) in [5.74, 6) is -0.119. The van der Waals surface area contributed by atoms with E-state index in [4.69, 9.17) is 4.42 Å². The molecule has 22 heavy (non-hydrogen) atoms. The number of rotatable bonds is 4. The summed E-state index contributed by atoms with van der Waals surface area (Å²) in [5, 5.41) is 15.6. The maximum absolute atomic E-state index is 11.7. The number of hydrogen-bond acceptors (Lipinski definition) is 5. The molecule has 0 bridgehead atoms. The van der Waals surface area contributed by atoms with Gasteiger partial charge in [0, 0.05) is 17.0 Å². The van der Waals surface area contributed by atoms with Crippen molar-refractivity contribution in [2.75, 3.05) is 0 Å². The molecule has 3 aromatic rings. The summed E-state index contributed by atoms with van der Waals surface area (Å²) in [7, 11) is 0. The molecule has 0 atom stereocenters. The molecule has 0 radical (unpaired) electrons. The third-order valence-corrected chi connectivity index (χ3v) is 3.50. The summed E-state index contributed by atoms with van der Waals surface area (Å²) in [5.41, 5.74) is 1.70. The molecular weight excluding hydrogens is 286 g/mol. The van der Waals surface area contributed by atoms with Gasteiger partial charge < -0.3 is 14.5 Å². The Morgan fingerprint density at radius 3 is 2.86 bits per heavy atom. The quantitative estimate of drug-likeness (QED) is 0.419. The van der Waals surface area contributed by atoms with Gasteiger partial charge in [0.1, 0.15) is 12.1 Å². The van der Waals surface area contributed by atoms with Crippen molar-refractivity contribution in [1.82, 2.24) is 9.78 Å². The molecule has 0 unspecified atom stereocenters. The molecule has 0 amide bonds. The number of aryl methyl sites for hydroxylation is 1. The predicted molar refractivity (Wildman–Crippen MR) is 79.8 cm³/mol. The maximum Gasteiger partial charge on any atom is 0.345 e. The molecule has 0 aliphatic carbocycles. The van der Waals surface area contributed by atoms with Gasteiger partial charge in [0.25, 0.3) is 0 Å². The lowest BCUT2D eigenvalue weighted by molar-refractivity contribution is -0.392. The van der Waals surface area contributed by atoms with Gasteiger partial charge in [-0.1, -0.05) is 24.2 Å². The Morgan fingerprint density at radius 1 is 1.32 bits per heavy atom. The van der Waals surface area contributed by atoms with Crippen LogP contribution in [0.5, 0.6) is 0 Å². The van der Waals surface area contributed by atoms with Crippen molar-refractivity contribution >= 4 is 16.8 Å². The number of fused-ring (bicyclic) bond motifs is 1. The minimum Gasteiger partial charge on any atom is -0.423 e. The summed E-state index contributed by atoms with van der Waals surface area (Å²) < 4.78 is 6.47. The summed E-state index contributed by atoms with van der Waals surface area (Å²) in [6.07, 6.45) is 2.19. The molecule has 1 aromatic carbocycles. The van der Waals surface area contributed by atoms with E-state index in [9.17, 15) is 14.9 Å². The summed E-state index contributed by atoms with van der Waals surface area (Å²) in [6, 6.07) is 8.30. The van der Waals surface area contributed by atoms with Crippen molar-refractivity contribution in [2.45, 2.75) is 19.9 Å². The average molecular weight is 299 g/mol. The largest absolute Gasteiger partial charge is 0.423 e. The van der Waals surface area contributed by atoms with Gasteiger partial charge in [-0.3, -0.25) is 0 Å². The highest BCUT2D eigenvalue weighted by molar-refractivity contribution is 5.80. The number of aromatic nitrogens is 2. The zero-order chi connectivity index (χ0) is 15.7. The lowest BCUT2D eigenvalue weighted by atomic mass is 10.1. The first-order chi connectivity index (χ1) is 10.6. The first kappa shape index (κ1) is 14.0. The van der Waals surface area contributed by atoms with Crippen LogP contribution in [0, 0.1) is 10.1 Å². The molecule has 7 nitrogen and oxygen atoms in total. The van der Waals surface area contributed by atoms with E-state index in [0.29, 0.717) is 11.1 Å². The molecule has 0 fully saturated rings. The first-order valence-electron chi connectivity index (χ1n) is 6.80. The summed E-state index contributed by atoms with van der Waals surface area (Å²) in [6.45, 7) is 2.15. The lowest BCUT2D eigenvalue weighted by Gasteiger charge is -2.05. The minimum atomic E-state index is -0.504. The topological polar surface area (TPSA) is 91.2 Å². The van der Waals surface area contributed by atoms with E-state index in [1.165, 1.54) is 23.0 Å². The Kier molecular flexibility index (Phi) is 3.46. The summed E-state index contributed by atoms with van der Waals surface area (Å²) in [4.78, 5) is 22.2. The number of hydrogen-bond donors (Lipinski definition) is 0. The van der Waals surface area contributed by atoms with Crippen LogP contribution in [0.1, 0.15) is 18.1 Å². The van der Waals surface area contributed by atoms with Gasteiger partial charge in [0.05, 0.1) is 12.3 Å². The van der Waals surface area contributed by atoms with Crippen LogP contribution >= 0.6 is 0 Å². The third-order valence-electron chi connectivity index (χ3n) is 3.50. The predicted octanol–water partition coefficient (Wildman–Crippen LogP) is 2.51. The normalized spacial score (nSPS) is 11.0. The zero-order valence-corrected chi connectivity index (χ0v) is 11.9. The first-order valence-corrected chi connectivity index (χ1v) is 6.80. The highest BCUT2D eigenvalue weighted by Crippen LogP contribution is 2.21. The Labute approximate surface area is 124 Å². The molecule has 0 aliphatic rings. The average Bonchev–Trinajstić information content (AvgIpc) is 2.94. The van der Waals surface area contributed by atoms with Crippen LogP contribution in [-0.2, 0) is 13.0 Å². The van der Waals surface area contributed by atoms with E-state index < -0.39 is 10.5 Å². The van der Waals surface area contributed by atoms with E-state index in [1.54, 1.807) is 0 Å². The van der Waals surface area contributed by atoms with Crippen molar-refractivity contribution < 1.29 is 9.34 Å². The van der Waals surface area contributed by atoms with Crippen LogP contribution in [0.3, 0.4) is 0 Å². The van der Waals surface area contributed by atoms with Crippen molar-refractivity contribution in [1.29, 1.82) is 0 Å². The molecular formula is C15H13N3O4. The van der Waals surface area contributed by atoms with Crippen LogP contribution in [0.25, 0.3) is 11.0 Å². The van der Waals surface area contributed by atoms with Gasteiger partial charge in [-0.15, -0.1) is 4.68 Å². The monoisotopic (exact) mass is 299 g/mol. The molecule has 0 saturated carbocycles. The molecule has 7 heteroatoms. The fourth-order valence-corrected chi connectivity index (χ4v) is 2.39. The maximum atomic E-state index is 11.7. The van der Waals surface area contributed by atoms with Crippen molar-refractivity contribution in [3.8, 4) is 0 Å². The molecule has 2 aromatic heterocycles. The van der Waals surface area contributed by atoms with Crippen molar-refractivity contribution in [3.63, 3.8) is 0 Å². The van der Waals surface area contributed by atoms with Gasteiger partial charge in [0.2, 0.25) is 0 Å². The second kappa shape index (κ2) is 5.44. The molecule has 0 spiro atoms.